The Morgan fingerprint density at radius 2 is 2.09 bits per heavy atom. The third kappa shape index (κ3) is 2.36. The number of rotatable bonds is 2. The number of fused-ring (bicyclic) bond motifs is 2. The summed E-state index contributed by atoms with van der Waals surface area (Å²) in [6.07, 6.45) is 2.41. The summed E-state index contributed by atoms with van der Waals surface area (Å²) in [4.78, 5) is 23.0. The van der Waals surface area contributed by atoms with Gasteiger partial charge in [-0.2, -0.15) is 5.10 Å². The highest BCUT2D eigenvalue weighted by Crippen LogP contribution is 2.26. The first kappa shape index (κ1) is 13.9. The molecule has 0 amide bonds. The number of hydrogen-bond donors (Lipinski definition) is 0. The zero-order chi connectivity index (χ0) is 15.8. The van der Waals surface area contributed by atoms with E-state index in [4.69, 9.17) is 0 Å². The van der Waals surface area contributed by atoms with Gasteiger partial charge in [0.25, 0.3) is 5.56 Å². The molecule has 1 aromatic carbocycles. The molecule has 1 aliphatic rings. The van der Waals surface area contributed by atoms with Crippen molar-refractivity contribution < 1.29 is 0 Å². The largest absolute Gasteiger partial charge is 0.351 e. The number of aromatic nitrogens is 4. The molecule has 0 spiro atoms. The first-order valence-electron chi connectivity index (χ1n) is 7.81. The molecule has 3 aromatic rings. The van der Waals surface area contributed by atoms with Gasteiger partial charge in [-0.3, -0.25) is 4.79 Å². The van der Waals surface area contributed by atoms with Gasteiger partial charge in [-0.05, 0) is 19.1 Å². The summed E-state index contributed by atoms with van der Waals surface area (Å²) in [5.74, 6) is 0.918. The minimum atomic E-state index is -0.0411. The molecule has 6 heteroatoms. The van der Waals surface area contributed by atoms with Gasteiger partial charge >= 0.3 is 0 Å². The molecule has 4 rings (SSSR count). The smallest absolute Gasteiger partial charge is 0.267 e. The molecule has 0 aliphatic carbocycles. The third-order valence-electron chi connectivity index (χ3n) is 4.26. The molecule has 0 unspecified atom stereocenters. The van der Waals surface area contributed by atoms with Crippen molar-refractivity contribution in [3.05, 3.63) is 58.3 Å². The zero-order valence-electron chi connectivity index (χ0n) is 12.9. The maximum absolute atomic E-state index is 12.0. The van der Waals surface area contributed by atoms with Gasteiger partial charge in [0.15, 0.2) is 0 Å². The van der Waals surface area contributed by atoms with Crippen LogP contribution < -0.4 is 10.5 Å². The van der Waals surface area contributed by atoms with E-state index in [1.165, 1.54) is 4.68 Å². The molecule has 1 aliphatic heterocycles. The number of nitrogens with zero attached hydrogens (tertiary/aromatic N) is 5. The molecule has 0 N–H and O–H groups in total. The number of hydrogen-bond acceptors (Lipinski definition) is 5. The molecule has 2 aromatic heterocycles. The van der Waals surface area contributed by atoms with Crippen LogP contribution in [0.1, 0.15) is 18.2 Å². The van der Waals surface area contributed by atoms with Crippen LogP contribution in [0, 0.1) is 0 Å². The van der Waals surface area contributed by atoms with Crippen LogP contribution in [0.15, 0.2) is 41.5 Å². The lowest BCUT2D eigenvalue weighted by Crippen LogP contribution is -2.35. The maximum atomic E-state index is 12.0. The van der Waals surface area contributed by atoms with E-state index in [0.717, 1.165) is 40.9 Å². The first-order chi connectivity index (χ1) is 11.3. The van der Waals surface area contributed by atoms with Gasteiger partial charge in [0.2, 0.25) is 0 Å². The molecule has 3 heterocycles. The van der Waals surface area contributed by atoms with Crippen LogP contribution in [-0.4, -0.2) is 26.3 Å². The van der Waals surface area contributed by atoms with Crippen molar-refractivity contribution in [3.8, 4) is 0 Å². The van der Waals surface area contributed by atoms with Crippen LogP contribution in [-0.2, 0) is 19.5 Å². The molecular weight excluding hydrogens is 290 g/mol. The summed E-state index contributed by atoms with van der Waals surface area (Å²) in [7, 11) is 0. The number of benzene rings is 1. The van der Waals surface area contributed by atoms with Crippen LogP contribution in [0.4, 0.5) is 5.82 Å². The second-order valence-corrected chi connectivity index (χ2v) is 5.66. The molecule has 116 valence electrons. The second kappa shape index (κ2) is 5.46. The molecule has 0 saturated carbocycles. The highest BCUT2D eigenvalue weighted by Gasteiger charge is 2.21. The van der Waals surface area contributed by atoms with E-state index in [1.54, 1.807) is 12.4 Å². The van der Waals surface area contributed by atoms with Crippen LogP contribution in [0.5, 0.6) is 0 Å². The lowest BCUT2D eigenvalue weighted by atomic mass is 10.1. The Morgan fingerprint density at radius 3 is 2.96 bits per heavy atom. The Kier molecular flexibility index (Phi) is 3.29. The Bertz CT molecular complexity index is 928. The van der Waals surface area contributed by atoms with Gasteiger partial charge in [-0.25, -0.2) is 14.6 Å². The van der Waals surface area contributed by atoms with E-state index in [2.05, 4.69) is 20.0 Å². The second-order valence-electron chi connectivity index (χ2n) is 5.66. The molecule has 0 radical (unpaired) electrons. The predicted molar refractivity (Wildman–Crippen MR) is 88.5 cm³/mol. The molecule has 6 nitrogen and oxygen atoms in total. The lowest BCUT2D eigenvalue weighted by Gasteiger charge is -2.29. The van der Waals surface area contributed by atoms with Crippen molar-refractivity contribution in [3.63, 3.8) is 0 Å². The average Bonchev–Trinajstić information content (AvgIpc) is 2.60. The third-order valence-corrected chi connectivity index (χ3v) is 4.26. The van der Waals surface area contributed by atoms with E-state index in [9.17, 15) is 4.79 Å². The van der Waals surface area contributed by atoms with Crippen molar-refractivity contribution in [1.29, 1.82) is 0 Å². The molecule has 0 saturated heterocycles. The van der Waals surface area contributed by atoms with Gasteiger partial charge in [0.05, 0.1) is 11.2 Å². The van der Waals surface area contributed by atoms with Gasteiger partial charge in [-0.1, -0.05) is 12.1 Å². The standard InChI is InChI=1S/C17H17N5O/c1-2-22-16(23)9-12-10-21(8-7-14(12)20-22)17-13-5-3-4-6-15(13)18-11-19-17/h3-6,9,11H,2,7-8,10H2,1H3. The van der Waals surface area contributed by atoms with E-state index >= 15 is 0 Å². The number of anilines is 1. The van der Waals surface area contributed by atoms with Crippen molar-refractivity contribution in [2.75, 3.05) is 11.4 Å². The zero-order valence-corrected chi connectivity index (χ0v) is 12.9. The number of para-hydroxylation sites is 1. The van der Waals surface area contributed by atoms with Crippen LogP contribution >= 0.6 is 0 Å². The maximum Gasteiger partial charge on any atom is 0.267 e. The molecule has 0 fully saturated rings. The van der Waals surface area contributed by atoms with Crippen molar-refractivity contribution in [2.45, 2.75) is 26.4 Å². The summed E-state index contributed by atoms with van der Waals surface area (Å²) in [5.41, 5.74) is 2.90. The number of aryl methyl sites for hydroxylation is 1. The van der Waals surface area contributed by atoms with E-state index < -0.39 is 0 Å². The average molecular weight is 307 g/mol. The Hall–Kier alpha value is -2.76. The van der Waals surface area contributed by atoms with Crippen LogP contribution in [0.25, 0.3) is 10.9 Å². The van der Waals surface area contributed by atoms with Crippen LogP contribution in [0.3, 0.4) is 0 Å². The molecule has 23 heavy (non-hydrogen) atoms. The quantitative estimate of drug-likeness (QED) is 0.722. The summed E-state index contributed by atoms with van der Waals surface area (Å²) in [6.45, 7) is 4.03. The van der Waals surface area contributed by atoms with Gasteiger partial charge in [0, 0.05) is 43.1 Å². The fourth-order valence-electron chi connectivity index (χ4n) is 3.09. The normalized spacial score (nSPS) is 14.0. The SMILES string of the molecule is CCn1nc2c(cc1=O)CN(c1ncnc3ccccc13)CC2. The predicted octanol–water partition coefficient (Wildman–Crippen LogP) is 1.77. The fraction of sp³-hybridized carbons (Fsp3) is 0.294. The summed E-state index contributed by atoms with van der Waals surface area (Å²) >= 11 is 0. The fourth-order valence-corrected chi connectivity index (χ4v) is 3.09. The summed E-state index contributed by atoms with van der Waals surface area (Å²) in [6, 6.07) is 9.70. The molecule has 0 bridgehead atoms. The lowest BCUT2D eigenvalue weighted by molar-refractivity contribution is 0.572. The Morgan fingerprint density at radius 1 is 1.22 bits per heavy atom. The van der Waals surface area contributed by atoms with Crippen molar-refractivity contribution in [2.24, 2.45) is 0 Å². The van der Waals surface area contributed by atoms with Gasteiger partial charge in [-0.15, -0.1) is 0 Å². The van der Waals surface area contributed by atoms with Crippen molar-refractivity contribution >= 4 is 16.7 Å². The van der Waals surface area contributed by atoms with Gasteiger partial charge < -0.3 is 4.90 Å². The topological polar surface area (TPSA) is 63.9 Å². The van der Waals surface area contributed by atoms with E-state index in [-0.39, 0.29) is 5.56 Å². The summed E-state index contributed by atoms with van der Waals surface area (Å²) in [5, 5.41) is 5.50. The van der Waals surface area contributed by atoms with E-state index in [1.807, 2.05) is 31.2 Å². The van der Waals surface area contributed by atoms with Crippen molar-refractivity contribution in [1.82, 2.24) is 19.7 Å². The highest BCUT2D eigenvalue weighted by atomic mass is 16.1. The van der Waals surface area contributed by atoms with Crippen LogP contribution in [0.2, 0.25) is 0 Å². The Labute approximate surface area is 133 Å². The minimum Gasteiger partial charge on any atom is -0.351 e. The summed E-state index contributed by atoms with van der Waals surface area (Å²) < 4.78 is 1.52. The highest BCUT2D eigenvalue weighted by molar-refractivity contribution is 5.89. The van der Waals surface area contributed by atoms with Gasteiger partial charge in [0.1, 0.15) is 12.1 Å². The monoisotopic (exact) mass is 307 g/mol. The molecule has 0 atom stereocenters. The first-order valence-corrected chi connectivity index (χ1v) is 7.81. The van der Waals surface area contributed by atoms with E-state index in [0.29, 0.717) is 13.1 Å². The molecular formula is C17H17N5O. The Balaban J connectivity index is 1.75. The minimum absolute atomic E-state index is 0.0411.